The standard InChI is InChI=1S/C23H29F3N2O2/c1-16-6-4-9-20(17-10-11-21(29-2)22(14-17)30-3)28(16)13-12-27-19-8-5-7-18(15-19)23(24,25)26/h5,7-8,10-11,14-16,20,27H,4,6,9,12-13H2,1-3H3/t16?,20-/m1/s1. The number of hydrogen-bond donors (Lipinski definition) is 1. The first-order valence-electron chi connectivity index (χ1n) is 10.2. The van der Waals surface area contributed by atoms with Gasteiger partial charge in [-0.1, -0.05) is 18.6 Å². The Kier molecular flexibility index (Phi) is 7.13. The molecule has 4 nitrogen and oxygen atoms in total. The minimum Gasteiger partial charge on any atom is -0.493 e. The van der Waals surface area contributed by atoms with E-state index in [1.165, 1.54) is 11.6 Å². The summed E-state index contributed by atoms with van der Waals surface area (Å²) in [6, 6.07) is 12.0. The van der Waals surface area contributed by atoms with Crippen molar-refractivity contribution in [1.29, 1.82) is 0 Å². The van der Waals surface area contributed by atoms with Crippen LogP contribution in [0, 0.1) is 0 Å². The molecule has 0 aliphatic carbocycles. The molecule has 3 rings (SSSR count). The minimum absolute atomic E-state index is 0.233. The van der Waals surface area contributed by atoms with Crippen molar-refractivity contribution in [2.24, 2.45) is 0 Å². The van der Waals surface area contributed by atoms with Gasteiger partial charge in [0.2, 0.25) is 0 Å². The molecule has 2 aromatic carbocycles. The third-order valence-corrected chi connectivity index (χ3v) is 5.75. The maximum absolute atomic E-state index is 12.9. The predicted molar refractivity (Wildman–Crippen MR) is 112 cm³/mol. The Hall–Kier alpha value is -2.41. The van der Waals surface area contributed by atoms with E-state index in [0.29, 0.717) is 29.8 Å². The molecule has 1 heterocycles. The Morgan fingerprint density at radius 2 is 1.80 bits per heavy atom. The molecule has 0 amide bonds. The summed E-state index contributed by atoms with van der Waals surface area (Å²) in [5, 5.41) is 3.15. The van der Waals surface area contributed by atoms with Crippen LogP contribution in [0.5, 0.6) is 11.5 Å². The van der Waals surface area contributed by atoms with E-state index in [9.17, 15) is 13.2 Å². The smallest absolute Gasteiger partial charge is 0.416 e. The van der Waals surface area contributed by atoms with E-state index in [1.807, 2.05) is 12.1 Å². The van der Waals surface area contributed by atoms with Crippen LogP contribution in [0.15, 0.2) is 42.5 Å². The molecule has 0 radical (unpaired) electrons. The topological polar surface area (TPSA) is 33.7 Å². The van der Waals surface area contributed by atoms with Gasteiger partial charge >= 0.3 is 6.18 Å². The summed E-state index contributed by atoms with van der Waals surface area (Å²) in [6.45, 7) is 3.50. The summed E-state index contributed by atoms with van der Waals surface area (Å²) in [5.41, 5.74) is 1.01. The van der Waals surface area contributed by atoms with E-state index in [0.717, 1.165) is 37.9 Å². The fraction of sp³-hybridized carbons (Fsp3) is 0.478. The van der Waals surface area contributed by atoms with Gasteiger partial charge < -0.3 is 14.8 Å². The zero-order valence-corrected chi connectivity index (χ0v) is 17.6. The van der Waals surface area contributed by atoms with Crippen molar-refractivity contribution >= 4 is 5.69 Å². The van der Waals surface area contributed by atoms with Crippen LogP contribution in [-0.2, 0) is 6.18 Å². The first-order valence-corrected chi connectivity index (χ1v) is 10.2. The maximum Gasteiger partial charge on any atom is 0.416 e. The molecular weight excluding hydrogens is 393 g/mol. The van der Waals surface area contributed by atoms with Crippen LogP contribution in [0.1, 0.15) is 43.4 Å². The molecule has 164 valence electrons. The summed E-state index contributed by atoms with van der Waals surface area (Å²) >= 11 is 0. The van der Waals surface area contributed by atoms with E-state index >= 15 is 0 Å². The first kappa shape index (κ1) is 22.3. The highest BCUT2D eigenvalue weighted by Gasteiger charge is 2.31. The lowest BCUT2D eigenvalue weighted by Gasteiger charge is -2.41. The molecule has 1 aliphatic rings. The lowest BCUT2D eigenvalue weighted by molar-refractivity contribution is -0.137. The normalized spacial score (nSPS) is 20.1. The van der Waals surface area contributed by atoms with Gasteiger partial charge in [-0.25, -0.2) is 0 Å². The monoisotopic (exact) mass is 422 g/mol. The molecule has 0 aromatic heterocycles. The van der Waals surface area contributed by atoms with E-state index in [2.05, 4.69) is 23.2 Å². The molecule has 30 heavy (non-hydrogen) atoms. The van der Waals surface area contributed by atoms with Crippen LogP contribution in [0.2, 0.25) is 0 Å². The van der Waals surface area contributed by atoms with Crippen LogP contribution in [0.25, 0.3) is 0 Å². The fourth-order valence-electron chi connectivity index (χ4n) is 4.17. The van der Waals surface area contributed by atoms with E-state index in [1.54, 1.807) is 20.3 Å². The van der Waals surface area contributed by atoms with E-state index in [4.69, 9.17) is 9.47 Å². The SMILES string of the molecule is COc1ccc([C@H]2CCCC(C)N2CCNc2cccc(C(F)(F)F)c2)cc1OC. The second-order valence-electron chi connectivity index (χ2n) is 7.65. The van der Waals surface area contributed by atoms with Crippen molar-refractivity contribution in [2.75, 3.05) is 32.6 Å². The second kappa shape index (κ2) is 9.60. The second-order valence-corrected chi connectivity index (χ2v) is 7.65. The number of nitrogens with one attached hydrogen (secondary N) is 1. The van der Waals surface area contributed by atoms with Gasteiger partial charge in [0, 0.05) is 30.9 Å². The fourth-order valence-corrected chi connectivity index (χ4v) is 4.17. The van der Waals surface area contributed by atoms with Crippen LogP contribution < -0.4 is 14.8 Å². The average Bonchev–Trinajstić information content (AvgIpc) is 2.74. The summed E-state index contributed by atoms with van der Waals surface area (Å²) in [4.78, 5) is 2.42. The Morgan fingerprint density at radius 1 is 1.03 bits per heavy atom. The molecule has 7 heteroatoms. The van der Waals surface area contributed by atoms with Gasteiger partial charge in [-0.3, -0.25) is 4.90 Å². The summed E-state index contributed by atoms with van der Waals surface area (Å²) in [7, 11) is 3.24. The zero-order valence-electron chi connectivity index (χ0n) is 17.6. The molecule has 1 unspecified atom stereocenters. The third kappa shape index (κ3) is 5.19. The Labute approximate surface area is 176 Å². The van der Waals surface area contributed by atoms with Crippen molar-refractivity contribution < 1.29 is 22.6 Å². The number of likely N-dealkylation sites (tertiary alicyclic amines) is 1. The van der Waals surface area contributed by atoms with Crippen molar-refractivity contribution in [3.8, 4) is 11.5 Å². The van der Waals surface area contributed by atoms with Gasteiger partial charge in [0.1, 0.15) is 0 Å². The number of alkyl halides is 3. The maximum atomic E-state index is 12.9. The molecule has 1 saturated heterocycles. The van der Waals surface area contributed by atoms with Crippen LogP contribution >= 0.6 is 0 Å². The number of halogens is 3. The number of hydrogen-bond acceptors (Lipinski definition) is 4. The molecule has 2 atom stereocenters. The van der Waals surface area contributed by atoms with Gasteiger partial charge in [0.05, 0.1) is 19.8 Å². The number of benzene rings is 2. The van der Waals surface area contributed by atoms with E-state index < -0.39 is 11.7 Å². The van der Waals surface area contributed by atoms with Crippen LogP contribution in [0.3, 0.4) is 0 Å². The van der Waals surface area contributed by atoms with Crippen LogP contribution in [0.4, 0.5) is 18.9 Å². The third-order valence-electron chi connectivity index (χ3n) is 5.75. The lowest BCUT2D eigenvalue weighted by Crippen LogP contribution is -2.42. The lowest BCUT2D eigenvalue weighted by atomic mass is 9.91. The Bertz CT molecular complexity index is 841. The quantitative estimate of drug-likeness (QED) is 0.616. The highest BCUT2D eigenvalue weighted by atomic mass is 19.4. The minimum atomic E-state index is -4.34. The largest absolute Gasteiger partial charge is 0.493 e. The van der Waals surface area contributed by atoms with Crippen molar-refractivity contribution in [1.82, 2.24) is 4.90 Å². The molecule has 1 fully saturated rings. The van der Waals surface area contributed by atoms with E-state index in [-0.39, 0.29) is 6.04 Å². The number of ether oxygens (including phenoxy) is 2. The Morgan fingerprint density at radius 3 is 2.50 bits per heavy atom. The van der Waals surface area contributed by atoms with Gasteiger partial charge in [-0.15, -0.1) is 0 Å². The molecule has 0 bridgehead atoms. The zero-order chi connectivity index (χ0) is 21.7. The molecule has 1 N–H and O–H groups in total. The van der Waals surface area contributed by atoms with Crippen molar-refractivity contribution in [3.05, 3.63) is 53.6 Å². The summed E-state index contributed by atoms with van der Waals surface area (Å²) in [6.07, 6.45) is -1.06. The Balaban J connectivity index is 1.70. The predicted octanol–water partition coefficient (Wildman–Crippen LogP) is 5.75. The average molecular weight is 422 g/mol. The van der Waals surface area contributed by atoms with Gasteiger partial charge in [0.15, 0.2) is 11.5 Å². The summed E-state index contributed by atoms with van der Waals surface area (Å²) in [5.74, 6) is 1.40. The highest BCUT2D eigenvalue weighted by molar-refractivity contribution is 5.46. The highest BCUT2D eigenvalue weighted by Crippen LogP contribution is 2.38. The van der Waals surface area contributed by atoms with Gasteiger partial charge in [0.25, 0.3) is 0 Å². The summed E-state index contributed by atoms with van der Waals surface area (Å²) < 4.78 is 49.6. The number of rotatable bonds is 7. The van der Waals surface area contributed by atoms with Gasteiger partial charge in [-0.2, -0.15) is 13.2 Å². The van der Waals surface area contributed by atoms with Crippen LogP contribution in [-0.4, -0.2) is 38.3 Å². The van der Waals surface area contributed by atoms with Gasteiger partial charge in [-0.05, 0) is 55.7 Å². The number of nitrogens with zero attached hydrogens (tertiary/aromatic N) is 1. The van der Waals surface area contributed by atoms with Crippen molar-refractivity contribution in [3.63, 3.8) is 0 Å². The molecule has 1 aliphatic heterocycles. The molecule has 2 aromatic rings. The number of piperidine rings is 1. The molecule has 0 saturated carbocycles. The number of methoxy groups -OCH3 is 2. The molecular formula is C23H29F3N2O2. The molecule has 0 spiro atoms. The number of anilines is 1. The van der Waals surface area contributed by atoms with Crippen molar-refractivity contribution in [2.45, 2.75) is 44.4 Å². The first-order chi connectivity index (χ1) is 14.3.